The summed E-state index contributed by atoms with van der Waals surface area (Å²) in [6, 6.07) is 14.2. The molecule has 1 aliphatic heterocycles. The van der Waals surface area contributed by atoms with Gasteiger partial charge in [-0.15, -0.1) is 0 Å². The van der Waals surface area contributed by atoms with E-state index < -0.39 is 0 Å². The van der Waals surface area contributed by atoms with Crippen molar-refractivity contribution in [2.24, 2.45) is 7.05 Å². The summed E-state index contributed by atoms with van der Waals surface area (Å²) in [5.41, 5.74) is 4.55. The summed E-state index contributed by atoms with van der Waals surface area (Å²) in [4.78, 5) is 9.19. The first-order valence-electron chi connectivity index (χ1n) is 11.1. The largest absolute Gasteiger partial charge is 0.490 e. The summed E-state index contributed by atoms with van der Waals surface area (Å²) in [6.45, 7) is 4.47. The van der Waals surface area contributed by atoms with Gasteiger partial charge in [0.1, 0.15) is 18.1 Å². The van der Waals surface area contributed by atoms with Crippen molar-refractivity contribution in [2.45, 2.75) is 25.9 Å². The minimum Gasteiger partial charge on any atom is -0.490 e. The maximum atomic E-state index is 6.42. The Balaban J connectivity index is 1.64. The summed E-state index contributed by atoms with van der Waals surface area (Å²) >= 11 is 0. The van der Waals surface area contributed by atoms with Crippen LogP contribution < -0.4 is 14.8 Å². The van der Waals surface area contributed by atoms with Crippen molar-refractivity contribution >= 4 is 10.9 Å². The average molecular weight is 430 g/mol. The second-order valence-electron chi connectivity index (χ2n) is 7.97. The van der Waals surface area contributed by atoms with Crippen LogP contribution in [0.4, 0.5) is 0 Å². The SMILES string of the molecule is CCOc1cc2ncnc(-c3cn(C)nc3-c3ccccc3)c2cc1OC1CCNCC1. The van der Waals surface area contributed by atoms with Crippen molar-refractivity contribution in [1.82, 2.24) is 25.1 Å². The van der Waals surface area contributed by atoms with E-state index in [1.54, 1.807) is 6.33 Å². The highest BCUT2D eigenvalue weighted by Crippen LogP contribution is 2.39. The summed E-state index contributed by atoms with van der Waals surface area (Å²) < 4.78 is 14.2. The van der Waals surface area contributed by atoms with Gasteiger partial charge in [0.05, 0.1) is 17.8 Å². The molecular formula is C25H27N5O2. The van der Waals surface area contributed by atoms with Gasteiger partial charge >= 0.3 is 0 Å². The average Bonchev–Trinajstić information content (AvgIpc) is 3.22. The Kier molecular flexibility index (Phi) is 5.73. The Labute approximate surface area is 187 Å². The van der Waals surface area contributed by atoms with E-state index in [4.69, 9.17) is 14.6 Å². The number of benzene rings is 2. The van der Waals surface area contributed by atoms with Crippen LogP contribution in [0.5, 0.6) is 11.5 Å². The molecule has 1 saturated heterocycles. The lowest BCUT2D eigenvalue weighted by atomic mass is 10.0. The Hall–Kier alpha value is -3.45. The molecule has 7 heteroatoms. The van der Waals surface area contributed by atoms with Gasteiger partial charge in [0.15, 0.2) is 11.5 Å². The highest BCUT2D eigenvalue weighted by atomic mass is 16.5. The molecule has 5 rings (SSSR count). The van der Waals surface area contributed by atoms with E-state index in [9.17, 15) is 0 Å². The molecule has 0 saturated carbocycles. The van der Waals surface area contributed by atoms with Crippen LogP contribution in [0, 0.1) is 0 Å². The number of nitrogens with zero attached hydrogens (tertiary/aromatic N) is 4. The number of aromatic nitrogens is 4. The maximum Gasteiger partial charge on any atom is 0.163 e. The van der Waals surface area contributed by atoms with Crippen LogP contribution in [0.2, 0.25) is 0 Å². The number of piperidine rings is 1. The van der Waals surface area contributed by atoms with Gasteiger partial charge in [-0.05, 0) is 38.9 Å². The van der Waals surface area contributed by atoms with Gasteiger partial charge in [-0.25, -0.2) is 9.97 Å². The molecule has 1 N–H and O–H groups in total. The van der Waals surface area contributed by atoms with Crippen LogP contribution in [0.25, 0.3) is 33.4 Å². The van der Waals surface area contributed by atoms with Gasteiger partial charge < -0.3 is 14.8 Å². The highest BCUT2D eigenvalue weighted by molar-refractivity contribution is 5.97. The van der Waals surface area contributed by atoms with Crippen molar-refractivity contribution in [2.75, 3.05) is 19.7 Å². The van der Waals surface area contributed by atoms with E-state index in [1.165, 1.54) is 0 Å². The van der Waals surface area contributed by atoms with Crippen LogP contribution >= 0.6 is 0 Å². The molecule has 2 aromatic carbocycles. The zero-order valence-corrected chi connectivity index (χ0v) is 18.4. The zero-order chi connectivity index (χ0) is 21.9. The lowest BCUT2D eigenvalue weighted by Crippen LogP contribution is -2.34. The van der Waals surface area contributed by atoms with Crippen LogP contribution in [0.3, 0.4) is 0 Å². The Morgan fingerprint density at radius 3 is 2.62 bits per heavy atom. The Morgan fingerprint density at radius 1 is 1.03 bits per heavy atom. The lowest BCUT2D eigenvalue weighted by molar-refractivity contribution is 0.155. The number of hydrogen-bond donors (Lipinski definition) is 1. The van der Waals surface area contributed by atoms with Gasteiger partial charge in [0, 0.05) is 35.8 Å². The number of ether oxygens (including phenoxy) is 2. The normalized spacial score (nSPS) is 14.6. The number of nitrogens with one attached hydrogen (secondary N) is 1. The molecule has 0 radical (unpaired) electrons. The minimum atomic E-state index is 0.166. The molecule has 0 amide bonds. The van der Waals surface area contributed by atoms with Gasteiger partial charge in [-0.2, -0.15) is 5.10 Å². The summed E-state index contributed by atoms with van der Waals surface area (Å²) in [6.07, 6.45) is 5.72. The monoisotopic (exact) mass is 429 g/mol. The number of rotatable bonds is 6. The van der Waals surface area contributed by atoms with Crippen molar-refractivity contribution in [3.63, 3.8) is 0 Å². The summed E-state index contributed by atoms with van der Waals surface area (Å²) in [5.74, 6) is 1.46. The molecule has 0 aliphatic carbocycles. The third-order valence-corrected chi connectivity index (χ3v) is 5.71. The third-order valence-electron chi connectivity index (χ3n) is 5.71. The molecule has 0 spiro atoms. The number of fused-ring (bicyclic) bond motifs is 1. The third kappa shape index (κ3) is 4.03. The van der Waals surface area contributed by atoms with E-state index in [2.05, 4.69) is 27.4 Å². The molecular weight excluding hydrogens is 402 g/mol. The summed E-state index contributed by atoms with van der Waals surface area (Å²) in [5, 5.41) is 9.03. The Bertz CT molecular complexity index is 1220. The van der Waals surface area contributed by atoms with E-state index in [-0.39, 0.29) is 6.10 Å². The summed E-state index contributed by atoms with van der Waals surface area (Å²) in [7, 11) is 1.93. The molecule has 0 bridgehead atoms. The van der Waals surface area contributed by atoms with E-state index in [0.717, 1.165) is 70.8 Å². The molecule has 1 fully saturated rings. The van der Waals surface area contributed by atoms with E-state index in [0.29, 0.717) is 6.61 Å². The number of hydrogen-bond acceptors (Lipinski definition) is 6. The molecule has 0 unspecified atom stereocenters. The standard InChI is InChI=1S/C25H27N5O2/c1-3-31-22-14-21-19(13-23(22)32-18-9-11-26-12-10-18)25(28-16-27-21)20-15-30(2)29-24(20)17-7-5-4-6-8-17/h4-8,13-16,18,26H,3,9-12H2,1-2H3. The van der Waals surface area contributed by atoms with Gasteiger partial charge in [-0.3, -0.25) is 4.68 Å². The molecule has 1 aliphatic rings. The lowest BCUT2D eigenvalue weighted by Gasteiger charge is -2.25. The fraction of sp³-hybridized carbons (Fsp3) is 0.320. The molecule has 4 aromatic rings. The molecule has 3 heterocycles. The van der Waals surface area contributed by atoms with Crippen LogP contribution in [-0.4, -0.2) is 45.5 Å². The van der Waals surface area contributed by atoms with Gasteiger partial charge in [0.2, 0.25) is 0 Å². The fourth-order valence-electron chi connectivity index (χ4n) is 4.20. The first-order chi connectivity index (χ1) is 15.7. The van der Waals surface area contributed by atoms with Crippen molar-refractivity contribution in [3.8, 4) is 34.0 Å². The quantitative estimate of drug-likeness (QED) is 0.495. The van der Waals surface area contributed by atoms with E-state index in [1.807, 2.05) is 55.2 Å². The number of aryl methyl sites for hydroxylation is 1. The second kappa shape index (κ2) is 8.96. The second-order valence-corrected chi connectivity index (χ2v) is 7.97. The topological polar surface area (TPSA) is 74.1 Å². The molecule has 7 nitrogen and oxygen atoms in total. The molecule has 164 valence electrons. The van der Waals surface area contributed by atoms with Gasteiger partial charge in [0.25, 0.3) is 0 Å². The predicted molar refractivity (Wildman–Crippen MR) is 125 cm³/mol. The van der Waals surface area contributed by atoms with Crippen LogP contribution in [-0.2, 0) is 7.05 Å². The van der Waals surface area contributed by atoms with Crippen molar-refractivity contribution < 1.29 is 9.47 Å². The molecule has 32 heavy (non-hydrogen) atoms. The van der Waals surface area contributed by atoms with Crippen molar-refractivity contribution in [3.05, 3.63) is 55.0 Å². The first kappa shape index (κ1) is 20.5. The molecule has 0 atom stereocenters. The molecule has 2 aromatic heterocycles. The highest BCUT2D eigenvalue weighted by Gasteiger charge is 2.21. The predicted octanol–water partition coefficient (Wildman–Crippen LogP) is 4.23. The maximum absolute atomic E-state index is 6.42. The van der Waals surface area contributed by atoms with Crippen LogP contribution in [0.1, 0.15) is 19.8 Å². The Morgan fingerprint density at radius 2 is 1.84 bits per heavy atom. The zero-order valence-electron chi connectivity index (χ0n) is 18.4. The first-order valence-corrected chi connectivity index (χ1v) is 11.1. The minimum absolute atomic E-state index is 0.166. The smallest absolute Gasteiger partial charge is 0.163 e. The van der Waals surface area contributed by atoms with Crippen molar-refractivity contribution in [1.29, 1.82) is 0 Å². The van der Waals surface area contributed by atoms with Gasteiger partial charge in [-0.1, -0.05) is 30.3 Å². The van der Waals surface area contributed by atoms with Crippen LogP contribution in [0.15, 0.2) is 55.0 Å². The van der Waals surface area contributed by atoms with E-state index >= 15 is 0 Å². The fourth-order valence-corrected chi connectivity index (χ4v) is 4.20.